The zero-order valence-corrected chi connectivity index (χ0v) is 13.0. The molecule has 0 bridgehead atoms. The van der Waals surface area contributed by atoms with Gasteiger partial charge in [-0.2, -0.15) is 0 Å². The van der Waals surface area contributed by atoms with Crippen LogP contribution in [0.5, 0.6) is 0 Å². The average molecular weight is 327 g/mol. The molecule has 2 aliphatic heterocycles. The number of piperidine rings is 1. The molecule has 0 unspecified atom stereocenters. The van der Waals surface area contributed by atoms with Gasteiger partial charge >= 0.3 is 0 Å². The number of carbonyl (C=O) groups is 4. The fourth-order valence-electron chi connectivity index (χ4n) is 3.24. The molecule has 1 aromatic carbocycles. The van der Waals surface area contributed by atoms with Crippen LogP contribution >= 0.6 is 0 Å². The van der Waals surface area contributed by atoms with Gasteiger partial charge in [0, 0.05) is 18.7 Å². The molecule has 24 heavy (non-hydrogen) atoms. The molecule has 0 spiro atoms. The van der Waals surface area contributed by atoms with Gasteiger partial charge in [-0.3, -0.25) is 29.4 Å². The van der Waals surface area contributed by atoms with E-state index in [1.807, 2.05) is 0 Å². The molecule has 4 amide bonds. The van der Waals surface area contributed by atoms with Crippen LogP contribution in [0.4, 0.5) is 5.69 Å². The molecule has 4 rings (SSSR count). The van der Waals surface area contributed by atoms with Gasteiger partial charge < -0.3 is 5.32 Å². The van der Waals surface area contributed by atoms with Crippen LogP contribution in [0.3, 0.4) is 0 Å². The minimum atomic E-state index is -0.925. The van der Waals surface area contributed by atoms with Crippen molar-refractivity contribution in [2.24, 2.45) is 5.92 Å². The van der Waals surface area contributed by atoms with Crippen molar-refractivity contribution in [2.75, 3.05) is 11.9 Å². The average Bonchev–Trinajstić information content (AvgIpc) is 3.35. The van der Waals surface area contributed by atoms with E-state index in [-0.39, 0.29) is 18.7 Å². The van der Waals surface area contributed by atoms with Crippen LogP contribution in [-0.4, -0.2) is 41.1 Å². The van der Waals surface area contributed by atoms with Crippen LogP contribution < -0.4 is 10.6 Å². The monoisotopic (exact) mass is 327 g/mol. The van der Waals surface area contributed by atoms with Crippen molar-refractivity contribution in [3.63, 3.8) is 0 Å². The van der Waals surface area contributed by atoms with E-state index in [0.29, 0.717) is 22.7 Å². The van der Waals surface area contributed by atoms with Crippen LogP contribution in [0.25, 0.3) is 0 Å². The molecule has 1 saturated heterocycles. The summed E-state index contributed by atoms with van der Waals surface area (Å²) in [4.78, 5) is 49.8. The second kappa shape index (κ2) is 5.43. The summed E-state index contributed by atoms with van der Waals surface area (Å²) in [7, 11) is 0. The number of benzene rings is 1. The fourth-order valence-corrected chi connectivity index (χ4v) is 3.24. The molecule has 1 atom stereocenters. The highest BCUT2D eigenvalue weighted by Gasteiger charge is 2.45. The maximum Gasteiger partial charge on any atom is 0.264 e. The largest absolute Gasteiger partial charge is 0.384 e. The van der Waals surface area contributed by atoms with Gasteiger partial charge in [-0.05, 0) is 37.3 Å². The second-order valence-electron chi connectivity index (χ2n) is 6.50. The van der Waals surface area contributed by atoms with Crippen molar-refractivity contribution in [3.05, 3.63) is 29.3 Å². The van der Waals surface area contributed by atoms with E-state index < -0.39 is 23.8 Å². The predicted octanol–water partition coefficient (Wildman–Crippen LogP) is 0.910. The van der Waals surface area contributed by atoms with Crippen molar-refractivity contribution < 1.29 is 19.2 Å². The summed E-state index contributed by atoms with van der Waals surface area (Å²) in [6.07, 6.45) is 2.65. The molecule has 7 nitrogen and oxygen atoms in total. The normalized spacial score (nSPS) is 23.3. The van der Waals surface area contributed by atoms with Crippen LogP contribution in [0.2, 0.25) is 0 Å². The third kappa shape index (κ3) is 2.36. The van der Waals surface area contributed by atoms with Crippen molar-refractivity contribution in [1.82, 2.24) is 10.2 Å². The highest BCUT2D eigenvalue weighted by atomic mass is 16.2. The van der Waals surface area contributed by atoms with Crippen LogP contribution in [0, 0.1) is 5.92 Å². The number of rotatable bonds is 4. The first-order valence-corrected chi connectivity index (χ1v) is 8.14. The molecule has 0 radical (unpaired) electrons. The molecule has 1 aliphatic carbocycles. The summed E-state index contributed by atoms with van der Waals surface area (Å²) in [5, 5.41) is 5.44. The molecular weight excluding hydrogens is 310 g/mol. The SMILES string of the molecule is O=C1CC[C@@H](N2C(=O)c3cccc(NCC4CC4)c3C2=O)C(=O)N1. The Kier molecular flexibility index (Phi) is 3.37. The van der Waals surface area contributed by atoms with E-state index >= 15 is 0 Å². The van der Waals surface area contributed by atoms with Crippen LogP contribution in [0.15, 0.2) is 18.2 Å². The van der Waals surface area contributed by atoms with Crippen molar-refractivity contribution in [2.45, 2.75) is 31.7 Å². The lowest BCUT2D eigenvalue weighted by molar-refractivity contribution is -0.136. The number of imide groups is 2. The Morgan fingerprint density at radius 2 is 1.88 bits per heavy atom. The molecular formula is C17H17N3O4. The van der Waals surface area contributed by atoms with Crippen molar-refractivity contribution in [1.29, 1.82) is 0 Å². The van der Waals surface area contributed by atoms with E-state index in [1.54, 1.807) is 18.2 Å². The minimum absolute atomic E-state index is 0.122. The number of nitrogens with one attached hydrogen (secondary N) is 2. The molecule has 3 aliphatic rings. The van der Waals surface area contributed by atoms with E-state index in [9.17, 15) is 19.2 Å². The molecule has 2 heterocycles. The lowest BCUT2D eigenvalue weighted by Crippen LogP contribution is -2.54. The quantitative estimate of drug-likeness (QED) is 0.802. The first-order valence-electron chi connectivity index (χ1n) is 8.14. The summed E-state index contributed by atoms with van der Waals surface area (Å²) in [6, 6.07) is 4.18. The Morgan fingerprint density at radius 3 is 2.58 bits per heavy atom. The number of nitrogens with zero attached hydrogens (tertiary/aromatic N) is 1. The number of amides is 4. The third-order valence-corrected chi connectivity index (χ3v) is 4.75. The first-order chi connectivity index (χ1) is 11.6. The summed E-state index contributed by atoms with van der Waals surface area (Å²) in [5.74, 6) is -1.28. The maximum absolute atomic E-state index is 12.8. The van der Waals surface area contributed by atoms with Gasteiger partial charge in [-0.15, -0.1) is 0 Å². The highest BCUT2D eigenvalue weighted by Crippen LogP contribution is 2.34. The van der Waals surface area contributed by atoms with Gasteiger partial charge in [0.25, 0.3) is 11.8 Å². The van der Waals surface area contributed by atoms with Crippen molar-refractivity contribution in [3.8, 4) is 0 Å². The van der Waals surface area contributed by atoms with Gasteiger partial charge in [0.05, 0.1) is 11.1 Å². The highest BCUT2D eigenvalue weighted by molar-refractivity contribution is 6.25. The Morgan fingerprint density at radius 1 is 1.08 bits per heavy atom. The second-order valence-corrected chi connectivity index (χ2v) is 6.50. The smallest absolute Gasteiger partial charge is 0.264 e. The lowest BCUT2D eigenvalue weighted by Gasteiger charge is -2.27. The molecule has 0 aromatic heterocycles. The summed E-state index contributed by atoms with van der Waals surface area (Å²) < 4.78 is 0. The van der Waals surface area contributed by atoms with Gasteiger partial charge in [0.15, 0.2) is 0 Å². The number of anilines is 1. The molecule has 7 heteroatoms. The van der Waals surface area contributed by atoms with Gasteiger partial charge in [0.2, 0.25) is 11.8 Å². The van der Waals surface area contributed by atoms with E-state index in [0.717, 1.165) is 11.4 Å². The minimum Gasteiger partial charge on any atom is -0.384 e. The summed E-state index contributed by atoms with van der Waals surface area (Å²) in [5.41, 5.74) is 1.27. The van der Waals surface area contributed by atoms with Crippen molar-refractivity contribution >= 4 is 29.3 Å². The Bertz CT molecular complexity index is 769. The number of hydrogen-bond acceptors (Lipinski definition) is 5. The first kappa shape index (κ1) is 14.9. The number of fused-ring (bicyclic) bond motifs is 1. The van der Waals surface area contributed by atoms with Gasteiger partial charge in [-0.25, -0.2) is 0 Å². The summed E-state index contributed by atoms with van der Waals surface area (Å²) >= 11 is 0. The zero-order valence-electron chi connectivity index (χ0n) is 13.0. The summed E-state index contributed by atoms with van der Waals surface area (Å²) in [6.45, 7) is 0.774. The van der Waals surface area contributed by atoms with Gasteiger partial charge in [-0.1, -0.05) is 6.07 Å². The number of carbonyl (C=O) groups excluding carboxylic acids is 4. The fraction of sp³-hybridized carbons (Fsp3) is 0.412. The molecule has 2 N–H and O–H groups in total. The Hall–Kier alpha value is -2.70. The maximum atomic E-state index is 12.8. The van der Waals surface area contributed by atoms with E-state index in [2.05, 4.69) is 10.6 Å². The van der Waals surface area contributed by atoms with E-state index in [4.69, 9.17) is 0 Å². The molecule has 1 aromatic rings. The molecule has 2 fully saturated rings. The topological polar surface area (TPSA) is 95.6 Å². The molecule has 1 saturated carbocycles. The standard InChI is InChI=1S/C17H17N3O4/c21-13-7-6-12(15(22)19-13)20-16(23)10-2-1-3-11(14(10)17(20)24)18-8-9-4-5-9/h1-3,9,12,18H,4-8H2,(H,19,21,22)/t12-/m1/s1. The Labute approximate surface area is 138 Å². The van der Waals surface area contributed by atoms with Crippen LogP contribution in [-0.2, 0) is 9.59 Å². The van der Waals surface area contributed by atoms with E-state index in [1.165, 1.54) is 12.8 Å². The number of hydrogen-bond donors (Lipinski definition) is 2. The Balaban J connectivity index is 1.63. The zero-order chi connectivity index (χ0) is 16.8. The molecule has 124 valence electrons. The predicted molar refractivity (Wildman–Crippen MR) is 84.3 cm³/mol. The third-order valence-electron chi connectivity index (χ3n) is 4.75. The van der Waals surface area contributed by atoms with Crippen LogP contribution in [0.1, 0.15) is 46.4 Å². The van der Waals surface area contributed by atoms with Gasteiger partial charge in [0.1, 0.15) is 6.04 Å². The lowest BCUT2D eigenvalue weighted by atomic mass is 10.0.